The number of aliphatic hydroxyl groups is 1. The van der Waals surface area contributed by atoms with E-state index in [-0.39, 0.29) is 5.82 Å². The van der Waals surface area contributed by atoms with Crippen molar-refractivity contribution in [3.05, 3.63) is 46.7 Å². The van der Waals surface area contributed by atoms with Gasteiger partial charge in [0.05, 0.1) is 5.60 Å². The van der Waals surface area contributed by atoms with Crippen LogP contribution in [0.5, 0.6) is 0 Å². The third-order valence-corrected chi connectivity index (χ3v) is 3.24. The van der Waals surface area contributed by atoms with Gasteiger partial charge in [0.2, 0.25) is 0 Å². The highest BCUT2D eigenvalue weighted by molar-refractivity contribution is 9.10. The number of rotatable bonds is 5. The summed E-state index contributed by atoms with van der Waals surface area (Å²) in [6.45, 7) is 5.38. The van der Waals surface area contributed by atoms with Crippen LogP contribution in [0, 0.1) is 5.82 Å². The molecule has 88 valence electrons. The first-order chi connectivity index (χ1) is 7.44. The third-order valence-electron chi connectivity index (χ3n) is 2.47. The Bertz CT molecular complexity index is 374. The summed E-state index contributed by atoms with van der Waals surface area (Å²) in [7, 11) is 0. The van der Waals surface area contributed by atoms with Crippen LogP contribution in [0.15, 0.2) is 35.3 Å². The Morgan fingerprint density at radius 2 is 2.25 bits per heavy atom. The highest BCUT2D eigenvalue weighted by atomic mass is 79.9. The monoisotopic (exact) mass is 286 g/mol. The van der Waals surface area contributed by atoms with E-state index in [2.05, 4.69) is 22.5 Å². The largest absolute Gasteiger partial charge is 0.390 e. The molecule has 16 heavy (non-hydrogen) atoms. The maximum atomic E-state index is 13.1. The summed E-state index contributed by atoms with van der Waals surface area (Å²) in [6, 6.07) is 4.51. The van der Waals surface area contributed by atoms with E-state index in [4.69, 9.17) is 0 Å². The molecule has 0 aliphatic rings. The standard InChI is InChI=1S/C13H16BrFO/c1-3-4-7-13(2,16)9-10-8-11(15)5-6-12(10)14/h3,5-6,8,16H,1,4,7,9H2,2H3. The number of allylic oxidation sites excluding steroid dienone is 1. The third kappa shape index (κ3) is 4.06. The molecule has 1 nitrogen and oxygen atoms in total. The number of benzene rings is 1. The van der Waals surface area contributed by atoms with Crippen LogP contribution in [-0.2, 0) is 6.42 Å². The number of hydrogen-bond donors (Lipinski definition) is 1. The molecule has 3 heteroatoms. The molecule has 0 bridgehead atoms. The first-order valence-electron chi connectivity index (χ1n) is 5.22. The second-order valence-corrected chi connectivity index (χ2v) is 5.09. The summed E-state index contributed by atoms with van der Waals surface area (Å²) < 4.78 is 13.9. The van der Waals surface area contributed by atoms with Crippen molar-refractivity contribution in [2.75, 3.05) is 0 Å². The minimum absolute atomic E-state index is 0.280. The lowest BCUT2D eigenvalue weighted by atomic mass is 9.92. The van der Waals surface area contributed by atoms with Gasteiger partial charge in [-0.05, 0) is 43.5 Å². The van der Waals surface area contributed by atoms with Gasteiger partial charge in [0.15, 0.2) is 0 Å². The van der Waals surface area contributed by atoms with Gasteiger partial charge in [0.25, 0.3) is 0 Å². The molecule has 1 N–H and O–H groups in total. The minimum Gasteiger partial charge on any atom is -0.390 e. The van der Waals surface area contributed by atoms with E-state index >= 15 is 0 Å². The van der Waals surface area contributed by atoms with Crippen molar-refractivity contribution in [3.8, 4) is 0 Å². The fourth-order valence-corrected chi connectivity index (χ4v) is 1.98. The van der Waals surface area contributed by atoms with Crippen molar-refractivity contribution in [3.63, 3.8) is 0 Å². The molecular weight excluding hydrogens is 271 g/mol. The van der Waals surface area contributed by atoms with Crippen molar-refractivity contribution >= 4 is 15.9 Å². The van der Waals surface area contributed by atoms with Crippen LogP contribution in [0.4, 0.5) is 4.39 Å². The van der Waals surface area contributed by atoms with Crippen molar-refractivity contribution in [1.82, 2.24) is 0 Å². The summed E-state index contributed by atoms with van der Waals surface area (Å²) in [5, 5.41) is 10.1. The van der Waals surface area contributed by atoms with E-state index in [1.165, 1.54) is 12.1 Å². The molecule has 0 radical (unpaired) electrons. The Morgan fingerprint density at radius 1 is 1.56 bits per heavy atom. The molecule has 0 spiro atoms. The summed E-state index contributed by atoms with van der Waals surface area (Å²) >= 11 is 3.35. The van der Waals surface area contributed by atoms with Crippen molar-refractivity contribution in [2.24, 2.45) is 0 Å². The predicted octanol–water partition coefficient (Wildman–Crippen LogP) is 3.85. The van der Waals surface area contributed by atoms with Crippen LogP contribution in [0.2, 0.25) is 0 Å². The highest BCUT2D eigenvalue weighted by Crippen LogP contribution is 2.25. The molecule has 1 aromatic carbocycles. The lowest BCUT2D eigenvalue weighted by Gasteiger charge is -2.23. The summed E-state index contributed by atoms with van der Waals surface area (Å²) in [6.07, 6.45) is 3.58. The zero-order chi connectivity index (χ0) is 12.2. The number of hydrogen-bond acceptors (Lipinski definition) is 1. The Hall–Kier alpha value is -0.670. The average molecular weight is 287 g/mol. The van der Waals surface area contributed by atoms with E-state index in [1.54, 1.807) is 19.1 Å². The van der Waals surface area contributed by atoms with Crippen molar-refractivity contribution in [2.45, 2.75) is 31.8 Å². The van der Waals surface area contributed by atoms with E-state index in [0.29, 0.717) is 12.8 Å². The molecule has 1 atom stereocenters. The molecule has 0 amide bonds. The summed E-state index contributed by atoms with van der Waals surface area (Å²) in [5.41, 5.74) is -0.0427. The van der Waals surface area contributed by atoms with Gasteiger partial charge in [-0.2, -0.15) is 0 Å². The van der Waals surface area contributed by atoms with Crippen LogP contribution in [-0.4, -0.2) is 10.7 Å². The molecule has 0 fully saturated rings. The van der Waals surface area contributed by atoms with Gasteiger partial charge in [-0.1, -0.05) is 22.0 Å². The molecule has 0 saturated carbocycles. The smallest absolute Gasteiger partial charge is 0.123 e. The topological polar surface area (TPSA) is 20.2 Å². The van der Waals surface area contributed by atoms with Crippen LogP contribution >= 0.6 is 15.9 Å². The maximum Gasteiger partial charge on any atom is 0.123 e. The van der Waals surface area contributed by atoms with Gasteiger partial charge in [0, 0.05) is 10.9 Å². The Kier molecular flexibility index (Phi) is 4.69. The van der Waals surface area contributed by atoms with Gasteiger partial charge >= 0.3 is 0 Å². The van der Waals surface area contributed by atoms with Crippen molar-refractivity contribution < 1.29 is 9.50 Å². The first-order valence-corrected chi connectivity index (χ1v) is 6.01. The molecule has 0 saturated heterocycles. The fourth-order valence-electron chi connectivity index (χ4n) is 1.59. The lowest BCUT2D eigenvalue weighted by molar-refractivity contribution is 0.0521. The first kappa shape index (κ1) is 13.4. The van der Waals surface area contributed by atoms with E-state index < -0.39 is 5.60 Å². The normalized spacial score (nSPS) is 14.5. The molecule has 1 aromatic rings. The SMILES string of the molecule is C=CCCC(C)(O)Cc1cc(F)ccc1Br. The van der Waals surface area contributed by atoms with Crippen LogP contribution in [0.3, 0.4) is 0 Å². The number of halogens is 2. The van der Waals surface area contributed by atoms with Gasteiger partial charge in [-0.15, -0.1) is 6.58 Å². The second-order valence-electron chi connectivity index (χ2n) is 4.24. The maximum absolute atomic E-state index is 13.1. The minimum atomic E-state index is -0.829. The van der Waals surface area contributed by atoms with Gasteiger partial charge in [-0.3, -0.25) is 0 Å². The molecule has 0 aliphatic carbocycles. The molecule has 1 unspecified atom stereocenters. The predicted molar refractivity (Wildman–Crippen MR) is 67.9 cm³/mol. The van der Waals surface area contributed by atoms with Gasteiger partial charge in [-0.25, -0.2) is 4.39 Å². The quantitative estimate of drug-likeness (QED) is 0.816. The van der Waals surface area contributed by atoms with Crippen LogP contribution in [0.1, 0.15) is 25.3 Å². The average Bonchev–Trinajstić information content (AvgIpc) is 2.20. The molecule has 0 aromatic heterocycles. The van der Waals surface area contributed by atoms with E-state index in [9.17, 15) is 9.50 Å². The van der Waals surface area contributed by atoms with Gasteiger partial charge < -0.3 is 5.11 Å². The summed E-state index contributed by atoms with van der Waals surface area (Å²) in [4.78, 5) is 0. The Labute approximate surface area is 104 Å². The Morgan fingerprint density at radius 3 is 2.88 bits per heavy atom. The molecular formula is C13H16BrFO. The fraction of sp³-hybridized carbons (Fsp3) is 0.385. The molecule has 0 heterocycles. The van der Waals surface area contributed by atoms with E-state index in [0.717, 1.165) is 16.5 Å². The lowest BCUT2D eigenvalue weighted by Crippen LogP contribution is -2.27. The molecule has 1 rings (SSSR count). The second kappa shape index (κ2) is 5.60. The zero-order valence-corrected chi connectivity index (χ0v) is 10.9. The van der Waals surface area contributed by atoms with Crippen molar-refractivity contribution in [1.29, 1.82) is 0 Å². The van der Waals surface area contributed by atoms with Crippen LogP contribution in [0.25, 0.3) is 0 Å². The van der Waals surface area contributed by atoms with E-state index in [1.807, 2.05) is 0 Å². The van der Waals surface area contributed by atoms with Crippen LogP contribution < -0.4 is 0 Å². The Balaban J connectivity index is 2.78. The van der Waals surface area contributed by atoms with Gasteiger partial charge in [0.1, 0.15) is 5.82 Å². The molecule has 0 aliphatic heterocycles. The highest BCUT2D eigenvalue weighted by Gasteiger charge is 2.21. The summed E-state index contributed by atoms with van der Waals surface area (Å²) in [5.74, 6) is -0.280. The zero-order valence-electron chi connectivity index (χ0n) is 9.34.